The van der Waals surface area contributed by atoms with Crippen molar-refractivity contribution < 1.29 is 9.59 Å². The van der Waals surface area contributed by atoms with E-state index in [-0.39, 0.29) is 29.8 Å². The number of thiophene rings is 1. The Kier molecular flexibility index (Phi) is 5.18. The first-order valence-electron chi connectivity index (χ1n) is 8.02. The van der Waals surface area contributed by atoms with Crippen LogP contribution in [0.1, 0.15) is 32.9 Å². The van der Waals surface area contributed by atoms with Crippen molar-refractivity contribution in [3.8, 4) is 9.88 Å². The van der Waals surface area contributed by atoms with Gasteiger partial charge in [0.15, 0.2) is 0 Å². The summed E-state index contributed by atoms with van der Waals surface area (Å²) in [4.78, 5) is 31.7. The van der Waals surface area contributed by atoms with Gasteiger partial charge in [-0.2, -0.15) is 0 Å². The fourth-order valence-electron chi connectivity index (χ4n) is 2.83. The van der Waals surface area contributed by atoms with E-state index in [1.54, 1.807) is 0 Å². The van der Waals surface area contributed by atoms with Crippen LogP contribution >= 0.6 is 34.3 Å². The number of rotatable bonds is 4. The zero-order chi connectivity index (χ0) is 18.2. The summed E-state index contributed by atoms with van der Waals surface area (Å²) < 4.78 is 0.721. The Bertz CT molecular complexity index is 794. The second kappa shape index (κ2) is 7.05. The summed E-state index contributed by atoms with van der Waals surface area (Å²) in [6.45, 7) is 6.57. The van der Waals surface area contributed by atoms with Crippen LogP contribution in [0.4, 0.5) is 0 Å². The van der Waals surface area contributed by atoms with E-state index in [0.29, 0.717) is 13.0 Å². The van der Waals surface area contributed by atoms with Crippen molar-refractivity contribution in [3.05, 3.63) is 27.5 Å². The number of nitrogens with zero attached hydrogens (tertiary/aromatic N) is 2. The number of amides is 2. The van der Waals surface area contributed by atoms with Gasteiger partial charge < -0.3 is 10.2 Å². The van der Waals surface area contributed by atoms with Gasteiger partial charge in [0.1, 0.15) is 5.01 Å². The van der Waals surface area contributed by atoms with Crippen molar-refractivity contribution >= 4 is 46.1 Å². The number of hydrogen-bond donors (Lipinski definition) is 1. The number of carbonyl (C=O) groups is 2. The molecule has 25 heavy (non-hydrogen) atoms. The average Bonchev–Trinajstić information content (AvgIpc) is 3.18. The van der Waals surface area contributed by atoms with Gasteiger partial charge in [-0.15, -0.1) is 22.7 Å². The highest BCUT2D eigenvalue weighted by Gasteiger charge is 2.36. The third kappa shape index (κ3) is 4.40. The van der Waals surface area contributed by atoms with Crippen molar-refractivity contribution in [2.24, 2.45) is 0 Å². The molecular formula is C17H20ClN3O2S2. The quantitative estimate of drug-likeness (QED) is 0.857. The number of nitrogens with one attached hydrogen (secondary N) is 1. The summed E-state index contributed by atoms with van der Waals surface area (Å²) in [5, 5.41) is 5.72. The van der Waals surface area contributed by atoms with Gasteiger partial charge in [-0.1, -0.05) is 11.6 Å². The first kappa shape index (κ1) is 18.4. The van der Waals surface area contributed by atoms with E-state index in [1.807, 2.05) is 43.2 Å². The van der Waals surface area contributed by atoms with Crippen molar-refractivity contribution in [3.63, 3.8) is 0 Å². The molecular weight excluding hydrogens is 378 g/mol. The lowest BCUT2D eigenvalue weighted by Gasteiger charge is -2.32. The van der Waals surface area contributed by atoms with Crippen molar-refractivity contribution in [1.29, 1.82) is 0 Å². The number of aromatic nitrogens is 1. The lowest BCUT2D eigenvalue weighted by molar-refractivity contribution is -0.131. The van der Waals surface area contributed by atoms with Crippen molar-refractivity contribution in [1.82, 2.24) is 15.2 Å². The Balaban J connectivity index is 1.57. The topological polar surface area (TPSA) is 62.3 Å². The third-order valence-corrected chi connectivity index (χ3v) is 6.27. The SMILES string of the molecule is CC(C)(C)N1CC(NC(=O)Cc2csc(-c3ccc(Cl)s3)n2)CC1=O. The first-order valence-corrected chi connectivity index (χ1v) is 10.1. The van der Waals surface area contributed by atoms with Crippen molar-refractivity contribution in [2.75, 3.05) is 6.54 Å². The highest BCUT2D eigenvalue weighted by atomic mass is 35.5. The molecule has 0 aromatic carbocycles. The molecule has 0 spiro atoms. The number of hydrogen-bond acceptors (Lipinski definition) is 5. The summed E-state index contributed by atoms with van der Waals surface area (Å²) in [5.74, 6) is -0.0158. The normalized spacial score (nSPS) is 18.0. The van der Waals surface area contributed by atoms with E-state index >= 15 is 0 Å². The van der Waals surface area contributed by atoms with Crippen LogP contribution in [0.25, 0.3) is 9.88 Å². The van der Waals surface area contributed by atoms with Gasteiger partial charge in [0, 0.05) is 23.9 Å². The van der Waals surface area contributed by atoms with Gasteiger partial charge in [-0.05, 0) is 32.9 Å². The molecule has 3 rings (SSSR count). The Labute approximate surface area is 160 Å². The molecule has 1 fully saturated rings. The second-order valence-corrected chi connectivity index (χ2v) is 9.64. The third-order valence-electron chi connectivity index (χ3n) is 3.98. The second-order valence-electron chi connectivity index (χ2n) is 7.07. The largest absolute Gasteiger partial charge is 0.351 e. The van der Waals surface area contributed by atoms with Gasteiger partial charge in [0.05, 0.1) is 27.4 Å². The van der Waals surface area contributed by atoms with E-state index in [9.17, 15) is 9.59 Å². The molecule has 1 saturated heterocycles. The molecule has 0 aliphatic carbocycles. The molecule has 0 saturated carbocycles. The van der Waals surface area contributed by atoms with Crippen LogP contribution in [0.3, 0.4) is 0 Å². The molecule has 2 amide bonds. The Morgan fingerprint density at radius 3 is 2.80 bits per heavy atom. The van der Waals surface area contributed by atoms with Crippen LogP contribution in [0, 0.1) is 0 Å². The number of thiazole rings is 1. The van der Waals surface area contributed by atoms with E-state index in [1.165, 1.54) is 22.7 Å². The lowest BCUT2D eigenvalue weighted by Crippen LogP contribution is -2.44. The van der Waals surface area contributed by atoms with Gasteiger partial charge in [0.25, 0.3) is 0 Å². The number of likely N-dealkylation sites (tertiary alicyclic amines) is 1. The Morgan fingerprint density at radius 1 is 1.44 bits per heavy atom. The molecule has 2 aromatic rings. The molecule has 1 N–H and O–H groups in total. The van der Waals surface area contributed by atoms with E-state index in [0.717, 1.165) is 19.9 Å². The van der Waals surface area contributed by atoms with Crippen molar-refractivity contribution in [2.45, 2.75) is 45.2 Å². The summed E-state index contributed by atoms with van der Waals surface area (Å²) in [7, 11) is 0. The van der Waals surface area contributed by atoms with Crippen LogP contribution in [-0.2, 0) is 16.0 Å². The fraction of sp³-hybridized carbons (Fsp3) is 0.471. The van der Waals surface area contributed by atoms with Crippen LogP contribution < -0.4 is 5.32 Å². The molecule has 1 unspecified atom stereocenters. The molecule has 2 aromatic heterocycles. The molecule has 134 valence electrons. The summed E-state index contributed by atoms with van der Waals surface area (Å²) in [6, 6.07) is 3.64. The molecule has 1 aliphatic rings. The predicted molar refractivity (Wildman–Crippen MR) is 102 cm³/mol. The van der Waals surface area contributed by atoms with E-state index < -0.39 is 0 Å². The monoisotopic (exact) mass is 397 g/mol. The number of halogens is 1. The molecule has 0 bridgehead atoms. The van der Waals surface area contributed by atoms with E-state index in [4.69, 9.17) is 11.6 Å². The van der Waals surface area contributed by atoms with Crippen LogP contribution in [0.15, 0.2) is 17.5 Å². The van der Waals surface area contributed by atoms with Gasteiger partial charge in [-0.3, -0.25) is 9.59 Å². The lowest BCUT2D eigenvalue weighted by atomic mass is 10.1. The molecule has 1 atom stereocenters. The van der Waals surface area contributed by atoms with Gasteiger partial charge in [-0.25, -0.2) is 4.98 Å². The Morgan fingerprint density at radius 2 is 2.20 bits per heavy atom. The summed E-state index contributed by atoms with van der Waals surface area (Å²) in [5.41, 5.74) is 0.515. The number of carbonyl (C=O) groups excluding carboxylic acids is 2. The van der Waals surface area contributed by atoms with Crippen LogP contribution in [-0.4, -0.2) is 39.8 Å². The standard InChI is InChI=1S/C17H20ClN3O2S2/c1-17(2,3)21-8-10(7-15(21)23)19-14(22)6-11-9-24-16(20-11)12-4-5-13(18)25-12/h4-5,9-10H,6-8H2,1-3H3,(H,19,22). The fourth-order valence-corrected chi connectivity index (χ4v) is 4.76. The molecule has 8 heteroatoms. The predicted octanol–water partition coefficient (Wildman–Crippen LogP) is 3.58. The highest BCUT2D eigenvalue weighted by Crippen LogP contribution is 2.33. The molecule has 3 heterocycles. The zero-order valence-electron chi connectivity index (χ0n) is 14.3. The minimum atomic E-state index is -0.220. The highest BCUT2D eigenvalue weighted by molar-refractivity contribution is 7.23. The van der Waals surface area contributed by atoms with Gasteiger partial charge in [0.2, 0.25) is 11.8 Å². The van der Waals surface area contributed by atoms with Crippen LogP contribution in [0.5, 0.6) is 0 Å². The molecule has 0 radical (unpaired) electrons. The first-order chi connectivity index (χ1) is 11.7. The van der Waals surface area contributed by atoms with E-state index in [2.05, 4.69) is 10.3 Å². The molecule has 1 aliphatic heterocycles. The zero-order valence-corrected chi connectivity index (χ0v) is 16.7. The van der Waals surface area contributed by atoms with Gasteiger partial charge >= 0.3 is 0 Å². The maximum Gasteiger partial charge on any atom is 0.226 e. The maximum absolute atomic E-state index is 12.3. The summed E-state index contributed by atoms with van der Waals surface area (Å²) in [6.07, 6.45) is 0.578. The maximum atomic E-state index is 12.3. The average molecular weight is 398 g/mol. The minimum Gasteiger partial charge on any atom is -0.351 e. The minimum absolute atomic E-state index is 0.0864. The molecule has 5 nitrogen and oxygen atoms in total. The Hall–Kier alpha value is -1.44. The summed E-state index contributed by atoms with van der Waals surface area (Å²) >= 11 is 8.93. The smallest absolute Gasteiger partial charge is 0.226 e. The van der Waals surface area contributed by atoms with Crippen LogP contribution in [0.2, 0.25) is 4.34 Å².